The third-order valence-electron chi connectivity index (χ3n) is 3.73. The Morgan fingerprint density at radius 3 is 2.24 bits per heavy atom. The average molecular weight is 357 g/mol. The highest BCUT2D eigenvalue weighted by atomic mass is 127. The number of hydrogen-bond donors (Lipinski definition) is 3. The summed E-state index contributed by atoms with van der Waals surface area (Å²) < 4.78 is 0.451. The number of aliphatic hydroxyl groups excluding tert-OH is 1. The van der Waals surface area contributed by atoms with Crippen LogP contribution in [0, 0.1) is 5.41 Å². The Kier molecular flexibility index (Phi) is 4.01. The molecule has 1 fully saturated rings. The van der Waals surface area contributed by atoms with Crippen molar-refractivity contribution < 1.29 is 20.1 Å². The van der Waals surface area contributed by atoms with Crippen LogP contribution in [-0.4, -0.2) is 55.0 Å². The summed E-state index contributed by atoms with van der Waals surface area (Å²) in [5.41, 5.74) is -2.40. The number of β-amino-alcohol motifs (C(OH)–C–C–N with tert-alkyl or cyclic N) is 1. The SMILES string of the molecule is CC(C)(C)[C@]1(CO)C[C@@](O)(CI)CN1C(=O)O. The summed E-state index contributed by atoms with van der Waals surface area (Å²) in [6.45, 7) is 5.44. The number of halogens is 1. The summed E-state index contributed by atoms with van der Waals surface area (Å²) in [6.07, 6.45) is -0.815. The first kappa shape index (κ1) is 15.0. The molecule has 1 amide bonds. The minimum absolute atomic E-state index is 0.0586. The van der Waals surface area contributed by atoms with Crippen molar-refractivity contribution in [2.75, 3.05) is 17.6 Å². The van der Waals surface area contributed by atoms with Gasteiger partial charge in [0.1, 0.15) is 0 Å². The van der Waals surface area contributed by atoms with Gasteiger partial charge >= 0.3 is 6.09 Å². The van der Waals surface area contributed by atoms with E-state index in [0.717, 1.165) is 0 Å². The summed E-state index contributed by atoms with van der Waals surface area (Å²) in [7, 11) is 0. The first-order valence-electron chi connectivity index (χ1n) is 5.52. The van der Waals surface area contributed by atoms with Gasteiger partial charge in [0.25, 0.3) is 0 Å². The quantitative estimate of drug-likeness (QED) is 0.514. The molecule has 1 aliphatic rings. The molecule has 0 aromatic carbocycles. The largest absolute Gasteiger partial charge is 0.465 e. The number of aliphatic hydroxyl groups is 2. The zero-order valence-electron chi connectivity index (χ0n) is 10.4. The number of carboxylic acid groups (broad SMARTS) is 1. The maximum atomic E-state index is 11.3. The molecule has 100 valence electrons. The highest BCUT2D eigenvalue weighted by Gasteiger charge is 2.59. The van der Waals surface area contributed by atoms with Gasteiger partial charge in [0, 0.05) is 10.8 Å². The van der Waals surface area contributed by atoms with Gasteiger partial charge in [0.15, 0.2) is 0 Å². The van der Waals surface area contributed by atoms with E-state index in [-0.39, 0.29) is 19.6 Å². The number of hydrogen-bond acceptors (Lipinski definition) is 3. The zero-order valence-corrected chi connectivity index (χ0v) is 12.6. The summed E-state index contributed by atoms with van der Waals surface area (Å²) in [5.74, 6) is 0. The molecule has 1 heterocycles. The average Bonchev–Trinajstić information content (AvgIpc) is 2.53. The van der Waals surface area contributed by atoms with Gasteiger partial charge < -0.3 is 15.3 Å². The molecule has 0 aromatic rings. The van der Waals surface area contributed by atoms with Gasteiger partial charge in [-0.25, -0.2) is 4.79 Å². The molecule has 6 heteroatoms. The first-order chi connectivity index (χ1) is 7.62. The fourth-order valence-corrected chi connectivity index (χ4v) is 3.04. The van der Waals surface area contributed by atoms with E-state index in [1.807, 2.05) is 43.4 Å². The van der Waals surface area contributed by atoms with Gasteiger partial charge in [-0.05, 0) is 5.41 Å². The molecule has 0 unspecified atom stereocenters. The second-order valence-corrected chi connectivity index (χ2v) is 6.61. The molecule has 1 rings (SSSR count). The van der Waals surface area contributed by atoms with E-state index in [9.17, 15) is 20.1 Å². The van der Waals surface area contributed by atoms with E-state index in [4.69, 9.17) is 0 Å². The zero-order chi connectivity index (χ0) is 13.5. The van der Waals surface area contributed by atoms with Crippen LogP contribution in [0.1, 0.15) is 27.2 Å². The van der Waals surface area contributed by atoms with Crippen LogP contribution in [-0.2, 0) is 0 Å². The number of rotatable bonds is 2. The van der Waals surface area contributed by atoms with Crippen molar-refractivity contribution in [1.82, 2.24) is 4.90 Å². The molecule has 1 aliphatic heterocycles. The van der Waals surface area contributed by atoms with E-state index < -0.39 is 22.6 Å². The lowest BCUT2D eigenvalue weighted by Crippen LogP contribution is -2.57. The maximum Gasteiger partial charge on any atom is 0.407 e. The summed E-state index contributed by atoms with van der Waals surface area (Å²) in [6, 6.07) is 0. The Morgan fingerprint density at radius 2 is 2.00 bits per heavy atom. The molecule has 3 N–H and O–H groups in total. The molecule has 0 aromatic heterocycles. The smallest absolute Gasteiger partial charge is 0.407 e. The van der Waals surface area contributed by atoms with Crippen molar-refractivity contribution >= 4 is 28.7 Å². The van der Waals surface area contributed by atoms with Crippen LogP contribution in [0.2, 0.25) is 0 Å². The molecular weight excluding hydrogens is 337 g/mol. The van der Waals surface area contributed by atoms with Crippen LogP contribution in [0.5, 0.6) is 0 Å². The number of likely N-dealkylation sites (tertiary alicyclic amines) is 1. The second-order valence-electron chi connectivity index (χ2n) is 5.84. The van der Waals surface area contributed by atoms with Gasteiger partial charge in [0.2, 0.25) is 0 Å². The number of nitrogens with zero attached hydrogens (tertiary/aromatic N) is 1. The van der Waals surface area contributed by atoms with Gasteiger partial charge in [-0.2, -0.15) is 0 Å². The minimum Gasteiger partial charge on any atom is -0.465 e. The molecule has 2 atom stereocenters. The Balaban J connectivity index is 3.22. The van der Waals surface area contributed by atoms with Gasteiger partial charge in [-0.15, -0.1) is 0 Å². The van der Waals surface area contributed by atoms with Crippen LogP contribution in [0.15, 0.2) is 0 Å². The van der Waals surface area contributed by atoms with Crippen LogP contribution < -0.4 is 0 Å². The van der Waals surface area contributed by atoms with E-state index in [1.54, 1.807) is 0 Å². The van der Waals surface area contributed by atoms with Gasteiger partial charge in [-0.1, -0.05) is 43.4 Å². The molecule has 0 aliphatic carbocycles. The third-order valence-corrected chi connectivity index (χ3v) is 5.15. The predicted octanol–water partition coefficient (Wildman–Crippen LogP) is 1.31. The maximum absolute atomic E-state index is 11.3. The lowest BCUT2D eigenvalue weighted by Gasteiger charge is -2.45. The molecule has 0 spiro atoms. The van der Waals surface area contributed by atoms with E-state index in [2.05, 4.69) is 0 Å². The molecule has 1 saturated heterocycles. The monoisotopic (exact) mass is 357 g/mol. The predicted molar refractivity (Wildman–Crippen MR) is 72.5 cm³/mol. The highest BCUT2D eigenvalue weighted by molar-refractivity contribution is 14.1. The topological polar surface area (TPSA) is 81.0 Å². The molecule has 0 saturated carbocycles. The summed E-state index contributed by atoms with van der Waals surface area (Å²) in [5, 5.41) is 29.3. The fourth-order valence-electron chi connectivity index (χ4n) is 2.53. The fraction of sp³-hybridized carbons (Fsp3) is 0.909. The molecule has 5 nitrogen and oxygen atoms in total. The Hall–Kier alpha value is -0.0800. The minimum atomic E-state index is -1.09. The number of alkyl halides is 1. The first-order valence-corrected chi connectivity index (χ1v) is 7.04. The number of amides is 1. The van der Waals surface area contributed by atoms with Crippen molar-refractivity contribution in [3.05, 3.63) is 0 Å². The Morgan fingerprint density at radius 1 is 1.47 bits per heavy atom. The highest BCUT2D eigenvalue weighted by Crippen LogP contribution is 2.47. The lowest BCUT2D eigenvalue weighted by molar-refractivity contribution is -0.0141. The lowest BCUT2D eigenvalue weighted by atomic mass is 9.71. The Bertz CT molecular complexity index is 317. The van der Waals surface area contributed by atoms with Crippen molar-refractivity contribution in [3.8, 4) is 0 Å². The van der Waals surface area contributed by atoms with Gasteiger partial charge in [0.05, 0.1) is 24.3 Å². The van der Waals surface area contributed by atoms with Crippen LogP contribution >= 0.6 is 22.6 Å². The number of carbonyl (C=O) groups is 1. The van der Waals surface area contributed by atoms with E-state index in [1.165, 1.54) is 4.90 Å². The third kappa shape index (κ3) is 2.39. The molecule has 17 heavy (non-hydrogen) atoms. The van der Waals surface area contributed by atoms with Crippen LogP contribution in [0.25, 0.3) is 0 Å². The van der Waals surface area contributed by atoms with Crippen molar-refractivity contribution in [2.24, 2.45) is 5.41 Å². The Labute approximate surface area is 115 Å². The van der Waals surface area contributed by atoms with E-state index in [0.29, 0.717) is 4.43 Å². The summed E-state index contributed by atoms with van der Waals surface area (Å²) >= 11 is 2.05. The van der Waals surface area contributed by atoms with Crippen molar-refractivity contribution in [3.63, 3.8) is 0 Å². The van der Waals surface area contributed by atoms with E-state index >= 15 is 0 Å². The molecule has 0 bridgehead atoms. The normalized spacial score (nSPS) is 34.1. The van der Waals surface area contributed by atoms with Crippen LogP contribution in [0.4, 0.5) is 4.79 Å². The standard InChI is InChI=1S/C11H20INO4/c1-9(2,3)11(7-14)4-10(17,5-12)6-13(11)8(15)16/h14,17H,4-7H2,1-3H3,(H,15,16)/t10-,11-/m1/s1. The summed E-state index contributed by atoms with van der Waals surface area (Å²) in [4.78, 5) is 12.5. The van der Waals surface area contributed by atoms with Crippen molar-refractivity contribution in [2.45, 2.75) is 38.3 Å². The van der Waals surface area contributed by atoms with Crippen molar-refractivity contribution in [1.29, 1.82) is 0 Å². The van der Waals surface area contributed by atoms with Gasteiger partial charge in [-0.3, -0.25) is 4.90 Å². The molecular formula is C11H20INO4. The second kappa shape index (κ2) is 4.55. The molecule has 0 radical (unpaired) electrons. The van der Waals surface area contributed by atoms with Crippen LogP contribution in [0.3, 0.4) is 0 Å².